The maximum Gasteiger partial charge on any atom is 0.330 e. The fourth-order valence-electron chi connectivity index (χ4n) is 4.02. The number of carbonyl (C=O) groups is 2. The lowest BCUT2D eigenvalue weighted by Crippen LogP contribution is -2.25. The first-order valence-corrected chi connectivity index (χ1v) is 12.1. The molecule has 0 spiro atoms. The second-order valence-corrected chi connectivity index (χ2v) is 8.57. The number of aromatic nitrogens is 4. The van der Waals surface area contributed by atoms with Crippen LogP contribution in [0.5, 0.6) is 0 Å². The standard InChI is InChI=1S/C30H23N5O4/c1-39-27(36)14-11-20-9-12-22(13-10-20)29(37)33-23-6-2-7-24(18-23)35-28-25(8-4-16-32-28)34-26(30(35)38)17-21-5-3-15-31-19-21/h2-16,18-19H,17H2,1H3,(H,33,37)/b14-11+. The van der Waals surface area contributed by atoms with Crippen LogP contribution < -0.4 is 10.9 Å². The van der Waals surface area contributed by atoms with Gasteiger partial charge < -0.3 is 10.1 Å². The van der Waals surface area contributed by atoms with E-state index < -0.39 is 5.97 Å². The molecule has 2 aromatic carbocycles. The van der Waals surface area contributed by atoms with Crippen molar-refractivity contribution in [3.63, 3.8) is 0 Å². The zero-order valence-electron chi connectivity index (χ0n) is 20.9. The summed E-state index contributed by atoms with van der Waals surface area (Å²) in [5.74, 6) is -0.782. The first-order chi connectivity index (χ1) is 19.0. The van der Waals surface area contributed by atoms with Crippen LogP contribution in [0.15, 0.2) is 102 Å². The van der Waals surface area contributed by atoms with Crippen molar-refractivity contribution in [2.75, 3.05) is 12.4 Å². The highest BCUT2D eigenvalue weighted by molar-refractivity contribution is 6.04. The highest BCUT2D eigenvalue weighted by Gasteiger charge is 2.15. The topological polar surface area (TPSA) is 116 Å². The molecule has 1 amide bonds. The molecule has 0 aliphatic carbocycles. The van der Waals surface area contributed by atoms with E-state index in [1.165, 1.54) is 17.8 Å². The molecule has 0 unspecified atom stereocenters. The van der Waals surface area contributed by atoms with Gasteiger partial charge in [-0.15, -0.1) is 0 Å². The second-order valence-electron chi connectivity index (χ2n) is 8.57. The third kappa shape index (κ3) is 5.78. The Morgan fingerprint density at radius 2 is 1.82 bits per heavy atom. The summed E-state index contributed by atoms with van der Waals surface area (Å²) < 4.78 is 6.09. The SMILES string of the molecule is COC(=O)/C=C/c1ccc(C(=O)Nc2cccc(-n3c(=O)c(Cc4cccnc4)nc4cccnc43)c2)cc1. The first-order valence-electron chi connectivity index (χ1n) is 12.1. The normalized spacial score (nSPS) is 11.0. The molecule has 3 aromatic heterocycles. The van der Waals surface area contributed by atoms with Gasteiger partial charge >= 0.3 is 5.97 Å². The highest BCUT2D eigenvalue weighted by atomic mass is 16.5. The molecule has 3 heterocycles. The lowest BCUT2D eigenvalue weighted by Gasteiger charge is -2.13. The van der Waals surface area contributed by atoms with Crippen LogP contribution in [0, 0.1) is 0 Å². The summed E-state index contributed by atoms with van der Waals surface area (Å²) in [6.45, 7) is 0. The van der Waals surface area contributed by atoms with Gasteiger partial charge in [-0.1, -0.05) is 24.3 Å². The Labute approximate surface area is 223 Å². The molecule has 5 aromatic rings. The number of methoxy groups -OCH3 is 1. The number of esters is 1. The molecule has 0 saturated carbocycles. The molecule has 1 N–H and O–H groups in total. The third-order valence-corrected chi connectivity index (χ3v) is 5.93. The Balaban J connectivity index is 1.44. The van der Waals surface area contributed by atoms with E-state index in [-0.39, 0.29) is 11.5 Å². The van der Waals surface area contributed by atoms with E-state index in [9.17, 15) is 14.4 Å². The van der Waals surface area contributed by atoms with Crippen molar-refractivity contribution in [2.24, 2.45) is 0 Å². The number of benzene rings is 2. The van der Waals surface area contributed by atoms with E-state index >= 15 is 0 Å². The summed E-state index contributed by atoms with van der Waals surface area (Å²) in [7, 11) is 1.31. The number of rotatable bonds is 7. The average molecular weight is 518 g/mol. The Morgan fingerprint density at radius 3 is 2.59 bits per heavy atom. The number of pyridine rings is 2. The summed E-state index contributed by atoms with van der Waals surface area (Å²) in [5, 5.41) is 2.88. The van der Waals surface area contributed by atoms with E-state index in [1.807, 2.05) is 12.1 Å². The average Bonchev–Trinajstić information content (AvgIpc) is 2.97. The molecule has 39 heavy (non-hydrogen) atoms. The number of amides is 1. The van der Waals surface area contributed by atoms with Gasteiger partial charge in [0.1, 0.15) is 11.2 Å². The van der Waals surface area contributed by atoms with E-state index in [1.54, 1.807) is 85.3 Å². The molecule has 0 bridgehead atoms. The summed E-state index contributed by atoms with van der Waals surface area (Å²) in [5.41, 5.74) is 4.14. The van der Waals surface area contributed by atoms with Crippen molar-refractivity contribution in [1.29, 1.82) is 0 Å². The smallest absolute Gasteiger partial charge is 0.330 e. The van der Waals surface area contributed by atoms with Gasteiger partial charge in [0.25, 0.3) is 11.5 Å². The number of fused-ring (bicyclic) bond motifs is 1. The molecular weight excluding hydrogens is 494 g/mol. The van der Waals surface area contributed by atoms with Crippen LogP contribution in [0.2, 0.25) is 0 Å². The lowest BCUT2D eigenvalue weighted by atomic mass is 10.1. The predicted octanol–water partition coefficient (Wildman–Crippen LogP) is 4.21. The molecule has 9 nitrogen and oxygen atoms in total. The van der Waals surface area contributed by atoms with Gasteiger partial charge in [-0.2, -0.15) is 0 Å². The van der Waals surface area contributed by atoms with Gasteiger partial charge in [0.05, 0.1) is 12.8 Å². The Kier molecular flexibility index (Phi) is 7.31. The van der Waals surface area contributed by atoms with Gasteiger partial charge in [-0.3, -0.25) is 19.1 Å². The lowest BCUT2D eigenvalue weighted by molar-refractivity contribution is -0.134. The number of anilines is 1. The fraction of sp³-hybridized carbons (Fsp3) is 0.0667. The molecule has 0 saturated heterocycles. The monoisotopic (exact) mass is 517 g/mol. The number of carbonyl (C=O) groups excluding carboxylic acids is 2. The summed E-state index contributed by atoms with van der Waals surface area (Å²) >= 11 is 0. The van der Waals surface area contributed by atoms with Crippen molar-refractivity contribution in [3.05, 3.63) is 130 Å². The Morgan fingerprint density at radius 1 is 1.00 bits per heavy atom. The fourth-order valence-corrected chi connectivity index (χ4v) is 4.02. The zero-order chi connectivity index (χ0) is 27.2. The van der Waals surface area contributed by atoms with Gasteiger partial charge in [-0.05, 0) is 65.7 Å². The minimum Gasteiger partial charge on any atom is -0.466 e. The number of nitrogens with one attached hydrogen (secondary N) is 1. The highest BCUT2D eigenvalue weighted by Crippen LogP contribution is 2.19. The van der Waals surface area contributed by atoms with Crippen LogP contribution in [-0.2, 0) is 16.0 Å². The van der Waals surface area contributed by atoms with E-state index in [0.29, 0.717) is 40.2 Å². The summed E-state index contributed by atoms with van der Waals surface area (Å²) in [6.07, 6.45) is 8.22. The van der Waals surface area contributed by atoms with Crippen LogP contribution in [-0.4, -0.2) is 38.5 Å². The van der Waals surface area contributed by atoms with E-state index in [0.717, 1.165) is 11.1 Å². The molecule has 0 aliphatic heterocycles. The van der Waals surface area contributed by atoms with Crippen molar-refractivity contribution in [1.82, 2.24) is 19.5 Å². The van der Waals surface area contributed by atoms with Crippen molar-refractivity contribution < 1.29 is 14.3 Å². The molecule has 5 rings (SSSR count). The van der Waals surface area contributed by atoms with Crippen LogP contribution in [0.4, 0.5) is 5.69 Å². The Hall–Kier alpha value is -5.44. The molecule has 0 radical (unpaired) electrons. The number of nitrogens with zero attached hydrogens (tertiary/aromatic N) is 4. The molecule has 9 heteroatoms. The second kappa shape index (κ2) is 11.3. The van der Waals surface area contributed by atoms with Crippen molar-refractivity contribution in [3.8, 4) is 5.69 Å². The first kappa shape index (κ1) is 25.2. The number of ether oxygens (including phenoxy) is 1. The summed E-state index contributed by atoms with van der Waals surface area (Å²) in [6, 6.07) is 21.0. The quantitative estimate of drug-likeness (QED) is 0.254. The largest absolute Gasteiger partial charge is 0.466 e. The zero-order valence-corrected chi connectivity index (χ0v) is 20.9. The van der Waals surface area contributed by atoms with E-state index in [4.69, 9.17) is 0 Å². The third-order valence-electron chi connectivity index (χ3n) is 5.93. The van der Waals surface area contributed by atoms with E-state index in [2.05, 4.69) is 25.0 Å². The van der Waals surface area contributed by atoms with Gasteiger partial charge in [0.2, 0.25) is 0 Å². The molecule has 0 atom stereocenters. The molecule has 0 fully saturated rings. The molecule has 192 valence electrons. The number of hydrogen-bond donors (Lipinski definition) is 1. The van der Waals surface area contributed by atoms with Crippen LogP contribution in [0.25, 0.3) is 22.9 Å². The Bertz CT molecular complexity index is 1750. The number of hydrogen-bond acceptors (Lipinski definition) is 7. The van der Waals surface area contributed by atoms with Crippen LogP contribution in [0.1, 0.15) is 27.2 Å². The van der Waals surface area contributed by atoms with Gasteiger partial charge in [0, 0.05) is 42.3 Å². The minimum absolute atomic E-state index is 0.302. The van der Waals surface area contributed by atoms with Crippen LogP contribution >= 0.6 is 0 Å². The molecular formula is C30H23N5O4. The van der Waals surface area contributed by atoms with Gasteiger partial charge in [0.15, 0.2) is 5.65 Å². The minimum atomic E-state index is -0.461. The van der Waals surface area contributed by atoms with Crippen LogP contribution in [0.3, 0.4) is 0 Å². The maximum absolute atomic E-state index is 13.6. The van der Waals surface area contributed by atoms with Crippen molar-refractivity contribution in [2.45, 2.75) is 6.42 Å². The summed E-state index contributed by atoms with van der Waals surface area (Å²) in [4.78, 5) is 50.9. The van der Waals surface area contributed by atoms with Crippen molar-refractivity contribution >= 4 is 34.8 Å². The predicted molar refractivity (Wildman–Crippen MR) is 148 cm³/mol. The molecule has 0 aliphatic rings. The maximum atomic E-state index is 13.6. The van der Waals surface area contributed by atoms with Gasteiger partial charge in [-0.25, -0.2) is 14.8 Å².